The van der Waals surface area contributed by atoms with E-state index in [1.807, 2.05) is 33.8 Å². The largest absolute Gasteiger partial charge is 0.415 e. The third-order valence-electron chi connectivity index (χ3n) is 4.68. The Kier molecular flexibility index (Phi) is 8.41. The van der Waals surface area contributed by atoms with Crippen molar-refractivity contribution in [2.75, 3.05) is 26.2 Å². The molecule has 7 heteroatoms. The van der Waals surface area contributed by atoms with Gasteiger partial charge in [0, 0.05) is 37.8 Å². The highest BCUT2D eigenvalue weighted by Gasteiger charge is 2.21. The van der Waals surface area contributed by atoms with Crippen molar-refractivity contribution < 1.29 is 23.9 Å². The first-order valence-electron chi connectivity index (χ1n) is 10.1. The fourth-order valence-corrected chi connectivity index (χ4v) is 2.87. The van der Waals surface area contributed by atoms with E-state index in [9.17, 15) is 14.4 Å². The highest BCUT2D eigenvalue weighted by atomic mass is 16.6. The van der Waals surface area contributed by atoms with Crippen LogP contribution in [0.25, 0.3) is 0 Å². The third-order valence-corrected chi connectivity index (χ3v) is 4.68. The SMILES string of the molecule is CCN(CC)C(=O)Oc1ccc(C(=O)c2ccccc2)c(OC(=O)N(CC)CC)c1. The van der Waals surface area contributed by atoms with Crippen molar-refractivity contribution in [3.05, 3.63) is 59.7 Å². The number of hydrogen-bond donors (Lipinski definition) is 0. The molecular weight excluding hydrogens is 384 g/mol. The molecule has 0 unspecified atom stereocenters. The fourth-order valence-electron chi connectivity index (χ4n) is 2.87. The molecule has 0 radical (unpaired) electrons. The summed E-state index contributed by atoms with van der Waals surface area (Å²) < 4.78 is 10.9. The van der Waals surface area contributed by atoms with Crippen molar-refractivity contribution in [2.24, 2.45) is 0 Å². The summed E-state index contributed by atoms with van der Waals surface area (Å²) in [5.74, 6) is -0.0518. The number of rotatable bonds is 8. The minimum absolute atomic E-state index is 0.0469. The maximum absolute atomic E-state index is 13.0. The molecular formula is C23H28N2O5. The van der Waals surface area contributed by atoms with Crippen molar-refractivity contribution in [1.29, 1.82) is 0 Å². The van der Waals surface area contributed by atoms with E-state index in [-0.39, 0.29) is 22.8 Å². The second-order valence-corrected chi connectivity index (χ2v) is 6.43. The number of ether oxygens (including phenoxy) is 2. The number of benzene rings is 2. The highest BCUT2D eigenvalue weighted by molar-refractivity contribution is 6.11. The predicted molar refractivity (Wildman–Crippen MR) is 114 cm³/mol. The van der Waals surface area contributed by atoms with Crippen LogP contribution in [-0.2, 0) is 0 Å². The minimum atomic E-state index is -0.575. The molecule has 0 aliphatic rings. The lowest BCUT2D eigenvalue weighted by Gasteiger charge is -2.20. The van der Waals surface area contributed by atoms with Gasteiger partial charge in [0.15, 0.2) is 5.78 Å². The van der Waals surface area contributed by atoms with Crippen LogP contribution in [0.1, 0.15) is 43.6 Å². The third kappa shape index (κ3) is 5.59. The van der Waals surface area contributed by atoms with Crippen molar-refractivity contribution >= 4 is 18.0 Å². The first-order valence-corrected chi connectivity index (χ1v) is 10.1. The van der Waals surface area contributed by atoms with E-state index < -0.39 is 12.2 Å². The van der Waals surface area contributed by atoms with E-state index in [4.69, 9.17) is 9.47 Å². The molecule has 0 saturated heterocycles. The lowest BCUT2D eigenvalue weighted by Crippen LogP contribution is -2.34. The van der Waals surface area contributed by atoms with Gasteiger partial charge < -0.3 is 19.3 Å². The van der Waals surface area contributed by atoms with Gasteiger partial charge in [-0.1, -0.05) is 30.3 Å². The van der Waals surface area contributed by atoms with Gasteiger partial charge in [0.05, 0.1) is 5.56 Å². The van der Waals surface area contributed by atoms with E-state index in [0.29, 0.717) is 31.7 Å². The van der Waals surface area contributed by atoms with Crippen LogP contribution in [0.15, 0.2) is 48.5 Å². The number of amides is 2. The van der Waals surface area contributed by atoms with E-state index in [1.165, 1.54) is 28.0 Å². The van der Waals surface area contributed by atoms with Crippen molar-refractivity contribution in [3.8, 4) is 11.5 Å². The normalized spacial score (nSPS) is 10.3. The van der Waals surface area contributed by atoms with Gasteiger partial charge in [-0.2, -0.15) is 0 Å². The van der Waals surface area contributed by atoms with E-state index >= 15 is 0 Å². The van der Waals surface area contributed by atoms with Gasteiger partial charge in [-0.25, -0.2) is 9.59 Å². The van der Waals surface area contributed by atoms with Crippen molar-refractivity contribution in [1.82, 2.24) is 9.80 Å². The number of ketones is 1. The second-order valence-electron chi connectivity index (χ2n) is 6.43. The van der Waals surface area contributed by atoms with Gasteiger partial charge in [-0.3, -0.25) is 4.79 Å². The van der Waals surface area contributed by atoms with Gasteiger partial charge in [0.2, 0.25) is 0 Å². The molecule has 0 aliphatic heterocycles. The average Bonchev–Trinajstić information content (AvgIpc) is 2.76. The molecule has 0 bridgehead atoms. The molecule has 160 valence electrons. The summed E-state index contributed by atoms with van der Waals surface area (Å²) in [6, 6.07) is 13.1. The summed E-state index contributed by atoms with van der Waals surface area (Å²) in [7, 11) is 0. The summed E-state index contributed by atoms with van der Waals surface area (Å²) in [6.07, 6.45) is -1.09. The maximum Gasteiger partial charge on any atom is 0.415 e. The van der Waals surface area contributed by atoms with Crippen LogP contribution in [0.5, 0.6) is 11.5 Å². The molecule has 2 amide bonds. The van der Waals surface area contributed by atoms with Crippen LogP contribution in [0.4, 0.5) is 9.59 Å². The maximum atomic E-state index is 13.0. The van der Waals surface area contributed by atoms with Crippen LogP contribution in [-0.4, -0.2) is 53.9 Å². The first-order chi connectivity index (χ1) is 14.4. The number of nitrogens with zero attached hydrogens (tertiary/aromatic N) is 2. The Morgan fingerprint density at radius 2 is 1.27 bits per heavy atom. The van der Waals surface area contributed by atoms with Gasteiger partial charge in [-0.05, 0) is 39.8 Å². The van der Waals surface area contributed by atoms with Crippen molar-refractivity contribution in [3.63, 3.8) is 0 Å². The Hall–Kier alpha value is -3.35. The molecule has 2 aromatic carbocycles. The Morgan fingerprint density at radius 1 is 0.733 bits per heavy atom. The molecule has 0 spiro atoms. The predicted octanol–water partition coefficient (Wildman–Crippen LogP) is 4.60. The van der Waals surface area contributed by atoms with E-state index in [1.54, 1.807) is 24.3 Å². The molecule has 30 heavy (non-hydrogen) atoms. The molecule has 0 saturated carbocycles. The van der Waals surface area contributed by atoms with Crippen LogP contribution in [0, 0.1) is 0 Å². The lowest BCUT2D eigenvalue weighted by molar-refractivity contribution is 0.103. The smallest absolute Gasteiger partial charge is 0.410 e. The van der Waals surface area contributed by atoms with Crippen LogP contribution < -0.4 is 9.47 Å². The van der Waals surface area contributed by atoms with Crippen LogP contribution in [0.2, 0.25) is 0 Å². The topological polar surface area (TPSA) is 76.1 Å². The van der Waals surface area contributed by atoms with Gasteiger partial charge in [0.25, 0.3) is 0 Å². The molecule has 2 aromatic rings. The van der Waals surface area contributed by atoms with Gasteiger partial charge in [0.1, 0.15) is 11.5 Å². The Bertz CT molecular complexity index is 874. The molecule has 0 N–H and O–H groups in total. The molecule has 0 fully saturated rings. The minimum Gasteiger partial charge on any atom is -0.410 e. The van der Waals surface area contributed by atoms with E-state index in [0.717, 1.165) is 0 Å². The quantitative estimate of drug-likeness (QED) is 0.592. The Morgan fingerprint density at radius 3 is 1.80 bits per heavy atom. The molecule has 2 rings (SSSR count). The zero-order valence-corrected chi connectivity index (χ0v) is 17.9. The summed E-state index contributed by atoms with van der Waals surface area (Å²) in [4.78, 5) is 40.7. The number of hydrogen-bond acceptors (Lipinski definition) is 5. The standard InChI is InChI=1S/C23H28N2O5/c1-5-24(6-2)22(27)29-18-14-15-19(21(26)17-12-10-9-11-13-17)20(16-18)30-23(28)25(7-3)8-4/h9-16H,5-8H2,1-4H3. The molecule has 0 atom stereocenters. The fraction of sp³-hybridized carbons (Fsp3) is 0.348. The summed E-state index contributed by atoms with van der Waals surface area (Å²) in [5, 5.41) is 0. The highest BCUT2D eigenvalue weighted by Crippen LogP contribution is 2.28. The Balaban J connectivity index is 2.39. The van der Waals surface area contributed by atoms with Crippen molar-refractivity contribution in [2.45, 2.75) is 27.7 Å². The number of carbonyl (C=O) groups excluding carboxylic acids is 3. The monoisotopic (exact) mass is 412 g/mol. The molecule has 0 heterocycles. The Labute approximate surface area is 177 Å². The second kappa shape index (κ2) is 11.0. The zero-order valence-electron chi connectivity index (χ0n) is 17.9. The average molecular weight is 412 g/mol. The molecule has 0 aromatic heterocycles. The number of carbonyl (C=O) groups is 3. The first kappa shape index (κ1) is 22.9. The van der Waals surface area contributed by atoms with E-state index in [2.05, 4.69) is 0 Å². The summed E-state index contributed by atoms with van der Waals surface area (Å²) in [6.45, 7) is 9.31. The van der Waals surface area contributed by atoms with Gasteiger partial charge >= 0.3 is 12.2 Å². The summed E-state index contributed by atoms with van der Waals surface area (Å²) >= 11 is 0. The molecule has 0 aliphatic carbocycles. The van der Waals surface area contributed by atoms with Crippen LogP contribution in [0.3, 0.4) is 0 Å². The lowest BCUT2D eigenvalue weighted by atomic mass is 10.0. The van der Waals surface area contributed by atoms with Crippen LogP contribution >= 0.6 is 0 Å². The zero-order chi connectivity index (χ0) is 22.1. The summed E-state index contributed by atoms with van der Waals surface area (Å²) in [5.41, 5.74) is 0.676. The van der Waals surface area contributed by atoms with Gasteiger partial charge in [-0.15, -0.1) is 0 Å². The molecule has 7 nitrogen and oxygen atoms in total.